The fourth-order valence-corrected chi connectivity index (χ4v) is 1.67. The van der Waals surface area contributed by atoms with Gasteiger partial charge in [0.15, 0.2) is 0 Å². The topological polar surface area (TPSA) is 48.2 Å². The minimum absolute atomic E-state index is 0.341. The minimum atomic E-state index is 0.341. The van der Waals surface area contributed by atoms with Crippen LogP contribution in [-0.2, 0) is 6.61 Å². The summed E-state index contributed by atoms with van der Waals surface area (Å²) in [6.45, 7) is 0.341. The van der Waals surface area contributed by atoms with Gasteiger partial charge < -0.3 is 9.15 Å². The fraction of sp³-hybridized carbons (Fsp3) is 0.0667. The van der Waals surface area contributed by atoms with Crippen LogP contribution in [0.25, 0.3) is 11.5 Å². The Morgan fingerprint density at radius 1 is 1.00 bits per heavy atom. The van der Waals surface area contributed by atoms with Crippen molar-refractivity contribution in [1.82, 2.24) is 9.97 Å². The molecule has 4 nitrogen and oxygen atoms in total. The quantitative estimate of drug-likeness (QED) is 0.714. The standard InChI is InChI=1S/C15H12N2O2/c1-2-6-12(7-3-1)15-17-13(11-19-15)10-18-14-8-4-5-9-16-14/h1-9,11H,10H2. The molecule has 94 valence electrons. The maximum atomic E-state index is 5.51. The normalized spacial score (nSPS) is 10.3. The molecule has 19 heavy (non-hydrogen) atoms. The summed E-state index contributed by atoms with van der Waals surface area (Å²) >= 11 is 0. The molecule has 0 spiro atoms. The van der Waals surface area contributed by atoms with Crippen LogP contribution in [0.2, 0.25) is 0 Å². The molecule has 0 amide bonds. The summed E-state index contributed by atoms with van der Waals surface area (Å²) in [4.78, 5) is 8.45. The summed E-state index contributed by atoms with van der Waals surface area (Å²) < 4.78 is 10.9. The van der Waals surface area contributed by atoms with Gasteiger partial charge in [-0.05, 0) is 18.2 Å². The summed E-state index contributed by atoms with van der Waals surface area (Å²) in [5.74, 6) is 1.17. The maximum Gasteiger partial charge on any atom is 0.226 e. The van der Waals surface area contributed by atoms with E-state index < -0.39 is 0 Å². The highest BCUT2D eigenvalue weighted by atomic mass is 16.5. The van der Waals surface area contributed by atoms with Crippen LogP contribution in [-0.4, -0.2) is 9.97 Å². The summed E-state index contributed by atoms with van der Waals surface area (Å²) in [5, 5.41) is 0. The lowest BCUT2D eigenvalue weighted by Gasteiger charge is -2.00. The van der Waals surface area contributed by atoms with Crippen LogP contribution in [0.4, 0.5) is 0 Å². The molecule has 0 saturated carbocycles. The zero-order valence-electron chi connectivity index (χ0n) is 10.2. The lowest BCUT2D eigenvalue weighted by molar-refractivity contribution is 0.289. The molecule has 0 aliphatic carbocycles. The van der Waals surface area contributed by atoms with Gasteiger partial charge in [-0.25, -0.2) is 9.97 Å². The van der Waals surface area contributed by atoms with Crippen molar-refractivity contribution in [3.63, 3.8) is 0 Å². The Bertz CT molecular complexity index is 636. The van der Waals surface area contributed by atoms with Crippen LogP contribution in [0.3, 0.4) is 0 Å². The Labute approximate surface area is 110 Å². The number of pyridine rings is 1. The number of nitrogens with zero attached hydrogens (tertiary/aromatic N) is 2. The highest BCUT2D eigenvalue weighted by molar-refractivity contribution is 5.52. The molecule has 0 saturated heterocycles. The van der Waals surface area contributed by atoms with E-state index in [0.29, 0.717) is 18.4 Å². The van der Waals surface area contributed by atoms with Gasteiger partial charge in [0.2, 0.25) is 11.8 Å². The summed E-state index contributed by atoms with van der Waals surface area (Å²) in [7, 11) is 0. The van der Waals surface area contributed by atoms with Crippen molar-refractivity contribution in [3.05, 3.63) is 66.7 Å². The molecular formula is C15H12N2O2. The van der Waals surface area contributed by atoms with E-state index in [2.05, 4.69) is 9.97 Å². The van der Waals surface area contributed by atoms with E-state index in [1.807, 2.05) is 42.5 Å². The van der Waals surface area contributed by atoms with E-state index in [1.54, 1.807) is 18.5 Å². The van der Waals surface area contributed by atoms with Gasteiger partial charge in [0.05, 0.1) is 0 Å². The first-order valence-corrected chi connectivity index (χ1v) is 5.95. The second-order valence-electron chi connectivity index (χ2n) is 3.97. The average Bonchev–Trinajstić information content (AvgIpc) is 2.96. The molecule has 0 aliphatic heterocycles. The number of aromatic nitrogens is 2. The van der Waals surface area contributed by atoms with E-state index in [0.717, 1.165) is 11.3 Å². The Morgan fingerprint density at radius 3 is 2.63 bits per heavy atom. The molecule has 2 aromatic heterocycles. The van der Waals surface area contributed by atoms with Gasteiger partial charge in [0.1, 0.15) is 18.6 Å². The minimum Gasteiger partial charge on any atom is -0.471 e. The Morgan fingerprint density at radius 2 is 1.84 bits per heavy atom. The first-order chi connectivity index (χ1) is 9.42. The second kappa shape index (κ2) is 5.35. The number of benzene rings is 1. The van der Waals surface area contributed by atoms with Crippen molar-refractivity contribution >= 4 is 0 Å². The van der Waals surface area contributed by atoms with E-state index in [4.69, 9.17) is 9.15 Å². The molecule has 2 heterocycles. The molecule has 0 radical (unpaired) electrons. The predicted molar refractivity (Wildman–Crippen MR) is 70.5 cm³/mol. The van der Waals surface area contributed by atoms with Gasteiger partial charge >= 0.3 is 0 Å². The third-order valence-electron chi connectivity index (χ3n) is 2.58. The lowest BCUT2D eigenvalue weighted by Crippen LogP contribution is -1.96. The number of oxazole rings is 1. The van der Waals surface area contributed by atoms with E-state index in [9.17, 15) is 0 Å². The monoisotopic (exact) mass is 252 g/mol. The van der Waals surface area contributed by atoms with Gasteiger partial charge in [0.25, 0.3) is 0 Å². The van der Waals surface area contributed by atoms with Gasteiger partial charge in [-0.3, -0.25) is 0 Å². The van der Waals surface area contributed by atoms with Gasteiger partial charge in [-0.1, -0.05) is 24.3 Å². The summed E-state index contributed by atoms with van der Waals surface area (Å²) in [6.07, 6.45) is 3.29. The van der Waals surface area contributed by atoms with Crippen molar-refractivity contribution in [3.8, 4) is 17.3 Å². The van der Waals surface area contributed by atoms with E-state index in [1.165, 1.54) is 0 Å². The van der Waals surface area contributed by atoms with Gasteiger partial charge in [0, 0.05) is 17.8 Å². The lowest BCUT2D eigenvalue weighted by atomic mass is 10.2. The molecule has 0 bridgehead atoms. The molecule has 1 aromatic carbocycles. The van der Waals surface area contributed by atoms with Crippen molar-refractivity contribution in [1.29, 1.82) is 0 Å². The zero-order valence-corrected chi connectivity index (χ0v) is 10.2. The third kappa shape index (κ3) is 2.80. The van der Waals surface area contributed by atoms with E-state index in [-0.39, 0.29) is 0 Å². The number of hydrogen-bond donors (Lipinski definition) is 0. The predicted octanol–water partition coefficient (Wildman–Crippen LogP) is 3.32. The molecule has 3 aromatic rings. The summed E-state index contributed by atoms with van der Waals surface area (Å²) in [5.41, 5.74) is 1.69. The smallest absolute Gasteiger partial charge is 0.226 e. The molecule has 0 fully saturated rings. The molecule has 0 aliphatic rings. The van der Waals surface area contributed by atoms with Crippen molar-refractivity contribution in [2.45, 2.75) is 6.61 Å². The van der Waals surface area contributed by atoms with E-state index >= 15 is 0 Å². The molecule has 0 N–H and O–H groups in total. The fourth-order valence-electron chi connectivity index (χ4n) is 1.67. The largest absolute Gasteiger partial charge is 0.471 e. The summed E-state index contributed by atoms with van der Waals surface area (Å²) in [6, 6.07) is 15.3. The van der Waals surface area contributed by atoms with Crippen molar-refractivity contribution in [2.24, 2.45) is 0 Å². The Kier molecular flexibility index (Phi) is 3.23. The SMILES string of the molecule is c1ccc(-c2nc(COc3ccccn3)co2)cc1. The van der Waals surface area contributed by atoms with Crippen LogP contribution in [0.5, 0.6) is 5.88 Å². The van der Waals surface area contributed by atoms with Gasteiger partial charge in [-0.2, -0.15) is 0 Å². The number of rotatable bonds is 4. The highest BCUT2D eigenvalue weighted by Gasteiger charge is 2.06. The van der Waals surface area contributed by atoms with Crippen LogP contribution in [0.15, 0.2) is 65.4 Å². The Balaban J connectivity index is 1.69. The zero-order chi connectivity index (χ0) is 12.9. The molecule has 0 unspecified atom stereocenters. The molecule has 4 heteroatoms. The maximum absolute atomic E-state index is 5.51. The first kappa shape index (κ1) is 11.5. The van der Waals surface area contributed by atoms with Crippen LogP contribution in [0, 0.1) is 0 Å². The third-order valence-corrected chi connectivity index (χ3v) is 2.58. The molecule has 0 atom stereocenters. The molecular weight excluding hydrogens is 240 g/mol. The van der Waals surface area contributed by atoms with Crippen LogP contribution >= 0.6 is 0 Å². The van der Waals surface area contributed by atoms with Crippen LogP contribution in [0.1, 0.15) is 5.69 Å². The second-order valence-corrected chi connectivity index (χ2v) is 3.97. The number of ether oxygens (including phenoxy) is 1. The Hall–Kier alpha value is -2.62. The molecule has 3 rings (SSSR count). The van der Waals surface area contributed by atoms with Crippen LogP contribution < -0.4 is 4.74 Å². The first-order valence-electron chi connectivity index (χ1n) is 5.95. The van der Waals surface area contributed by atoms with Crippen molar-refractivity contribution in [2.75, 3.05) is 0 Å². The van der Waals surface area contributed by atoms with Crippen molar-refractivity contribution < 1.29 is 9.15 Å². The highest BCUT2D eigenvalue weighted by Crippen LogP contribution is 2.18. The average molecular weight is 252 g/mol. The number of hydrogen-bond acceptors (Lipinski definition) is 4. The van der Waals surface area contributed by atoms with Gasteiger partial charge in [-0.15, -0.1) is 0 Å².